The number of hydrogen-bond acceptors (Lipinski definition) is 10. The fourth-order valence-electron chi connectivity index (χ4n) is 6.74. The van der Waals surface area contributed by atoms with Gasteiger partial charge >= 0.3 is 5.97 Å². The van der Waals surface area contributed by atoms with Crippen molar-refractivity contribution in [2.45, 2.75) is 96.0 Å². The van der Waals surface area contributed by atoms with Gasteiger partial charge in [-0.1, -0.05) is 18.6 Å². The molecule has 12 heteroatoms. The van der Waals surface area contributed by atoms with Gasteiger partial charge < -0.3 is 39.4 Å². The molecule has 1 fully saturated rings. The van der Waals surface area contributed by atoms with Gasteiger partial charge in [-0.2, -0.15) is 0 Å². The Bertz CT molecular complexity index is 1560. The van der Waals surface area contributed by atoms with Crippen molar-refractivity contribution >= 4 is 29.6 Å². The molecule has 0 saturated carbocycles. The first-order valence-corrected chi connectivity index (χ1v) is 17.9. The number of allylic oxidation sites excluding steroid dienone is 1. The predicted octanol–water partition coefficient (Wildman–Crippen LogP) is 6.04. The number of nitrogens with one attached hydrogen (secondary N) is 1. The number of methoxy groups -OCH3 is 3. The van der Waals surface area contributed by atoms with E-state index in [1.165, 1.54) is 27.4 Å². The summed E-state index contributed by atoms with van der Waals surface area (Å²) in [7, 11) is 4.38. The van der Waals surface area contributed by atoms with Crippen LogP contribution in [0.5, 0.6) is 28.7 Å². The Labute approximate surface area is 300 Å². The maximum Gasteiger partial charge on any atom is 0.342 e. The Hall–Kier alpha value is -4.74. The molecule has 2 atom stereocenters. The van der Waals surface area contributed by atoms with Gasteiger partial charge in [-0.15, -0.1) is 0 Å². The van der Waals surface area contributed by atoms with Gasteiger partial charge in [-0.25, -0.2) is 4.79 Å². The number of cyclic esters (lactones) is 1. The maximum atomic E-state index is 13.7. The van der Waals surface area contributed by atoms with Crippen molar-refractivity contribution in [3.8, 4) is 28.7 Å². The van der Waals surface area contributed by atoms with Gasteiger partial charge in [0.1, 0.15) is 22.8 Å². The van der Waals surface area contributed by atoms with Crippen LogP contribution < -0.4 is 19.5 Å². The highest BCUT2D eigenvalue weighted by Gasteiger charge is 2.32. The topological polar surface area (TPSA) is 161 Å². The second-order valence-corrected chi connectivity index (χ2v) is 13.2. The van der Waals surface area contributed by atoms with Crippen molar-refractivity contribution < 1.29 is 48.3 Å². The summed E-state index contributed by atoms with van der Waals surface area (Å²) in [6.45, 7) is 3.29. The van der Waals surface area contributed by atoms with Crippen LogP contribution in [-0.2, 0) is 19.1 Å². The van der Waals surface area contributed by atoms with Crippen LogP contribution in [0.25, 0.3) is 6.08 Å². The fourth-order valence-corrected chi connectivity index (χ4v) is 6.74. The molecule has 278 valence electrons. The molecule has 0 spiro atoms. The van der Waals surface area contributed by atoms with Crippen LogP contribution in [0.15, 0.2) is 24.3 Å². The van der Waals surface area contributed by atoms with Crippen LogP contribution in [0.2, 0.25) is 0 Å². The molecule has 0 radical (unpaired) electrons. The molecule has 2 aliphatic heterocycles. The molecule has 51 heavy (non-hydrogen) atoms. The monoisotopic (exact) mass is 708 g/mol. The molecule has 3 N–H and O–H groups in total. The normalized spacial score (nSPS) is 18.8. The summed E-state index contributed by atoms with van der Waals surface area (Å²) < 4.78 is 22.4. The lowest BCUT2D eigenvalue weighted by molar-refractivity contribution is -0.130. The van der Waals surface area contributed by atoms with Gasteiger partial charge in [-0.3, -0.25) is 14.4 Å². The number of hydrogen-bond donors (Lipinski definition) is 3. The second-order valence-electron chi connectivity index (χ2n) is 13.2. The van der Waals surface area contributed by atoms with Crippen LogP contribution in [0.1, 0.15) is 117 Å². The molecule has 2 heterocycles. The van der Waals surface area contributed by atoms with Crippen molar-refractivity contribution in [1.82, 2.24) is 10.2 Å². The minimum atomic E-state index is -0.982. The number of Topliss-reactive ketones (excluding diaryl/α,β-unsaturated/α-hetero) is 1. The number of nitrogens with zero attached hydrogens (tertiary/aromatic N) is 1. The number of aromatic hydroxyl groups is 2. The van der Waals surface area contributed by atoms with E-state index >= 15 is 0 Å². The molecule has 1 saturated heterocycles. The number of amides is 2. The third-order valence-corrected chi connectivity index (χ3v) is 9.48. The van der Waals surface area contributed by atoms with E-state index in [0.29, 0.717) is 93.8 Å². The van der Waals surface area contributed by atoms with Crippen LogP contribution in [0.4, 0.5) is 0 Å². The highest BCUT2D eigenvalue weighted by Crippen LogP contribution is 2.47. The lowest BCUT2D eigenvalue weighted by Crippen LogP contribution is -2.34. The maximum absolute atomic E-state index is 13.7. The zero-order valence-electron chi connectivity index (χ0n) is 30.3. The number of benzene rings is 2. The molecular formula is C39H52N2O10. The van der Waals surface area contributed by atoms with Gasteiger partial charge in [0.25, 0.3) is 0 Å². The summed E-state index contributed by atoms with van der Waals surface area (Å²) >= 11 is 0. The molecule has 2 aromatic rings. The molecule has 0 aliphatic carbocycles. The summed E-state index contributed by atoms with van der Waals surface area (Å²) in [6, 6.07) is 4.65. The first-order valence-electron chi connectivity index (χ1n) is 17.9. The van der Waals surface area contributed by atoms with Crippen LogP contribution in [0, 0.1) is 0 Å². The van der Waals surface area contributed by atoms with E-state index < -0.39 is 23.7 Å². The number of esters is 1. The van der Waals surface area contributed by atoms with Gasteiger partial charge in [0.2, 0.25) is 17.6 Å². The Morgan fingerprint density at radius 1 is 0.961 bits per heavy atom. The molecular weight excluding hydrogens is 656 g/mol. The molecule has 0 bridgehead atoms. The number of ether oxygens (including phenoxy) is 4. The van der Waals surface area contributed by atoms with E-state index in [9.17, 15) is 29.4 Å². The number of likely N-dealkylation sites (tertiary alicyclic amines) is 1. The van der Waals surface area contributed by atoms with E-state index in [1.54, 1.807) is 31.2 Å². The fraction of sp³-hybridized carbons (Fsp3) is 0.538. The molecule has 12 nitrogen and oxygen atoms in total. The van der Waals surface area contributed by atoms with Crippen molar-refractivity contribution in [3.63, 3.8) is 0 Å². The quantitative estimate of drug-likeness (QED) is 0.186. The summed E-state index contributed by atoms with van der Waals surface area (Å²) in [4.78, 5) is 53.8. The summed E-state index contributed by atoms with van der Waals surface area (Å²) in [5.74, 6) is -1.79. The van der Waals surface area contributed by atoms with E-state index in [-0.39, 0.29) is 46.5 Å². The van der Waals surface area contributed by atoms with Crippen LogP contribution >= 0.6 is 0 Å². The van der Waals surface area contributed by atoms with E-state index in [4.69, 9.17) is 18.9 Å². The van der Waals surface area contributed by atoms with Gasteiger partial charge in [0, 0.05) is 56.8 Å². The Balaban J connectivity index is 1.73. The first kappa shape index (κ1) is 39.1. The zero-order chi connectivity index (χ0) is 36.9. The number of carbonyl (C=O) groups excluding carboxylic acids is 4. The highest BCUT2D eigenvalue weighted by atomic mass is 16.5. The number of rotatable bonds is 11. The van der Waals surface area contributed by atoms with Gasteiger partial charge in [-0.05, 0) is 81.2 Å². The molecule has 2 aromatic carbocycles. The van der Waals surface area contributed by atoms with Gasteiger partial charge in [0.05, 0.1) is 27.4 Å². The standard InChI is InChI=1S/C39H52N2O10/c1-25-13-11-16-28(42)15-8-5-7-14-26-21-30(43)36(37(46)35(26)39(47)51-25)29(27-22-31(48-2)38(50-4)32(23-27)49-3)24-33(44)40-18-12-20-41-19-10-6-9-17-34(41)45/h7,14,21-23,25,29,43,46H,5-6,8-13,15-20,24H2,1-4H3,(H,40,44)/b14-7+/t25-,29?/m0/s1. The molecule has 2 aliphatic rings. The number of carbonyl (C=O) groups is 4. The van der Waals surface area contributed by atoms with Crippen LogP contribution in [0.3, 0.4) is 0 Å². The zero-order valence-corrected chi connectivity index (χ0v) is 30.3. The van der Waals surface area contributed by atoms with E-state index in [2.05, 4.69) is 5.32 Å². The second kappa shape index (κ2) is 19.0. The largest absolute Gasteiger partial charge is 0.507 e. The minimum Gasteiger partial charge on any atom is -0.507 e. The average Bonchev–Trinajstić information content (AvgIpc) is 3.31. The van der Waals surface area contributed by atoms with E-state index in [0.717, 1.165) is 19.3 Å². The number of phenolic OH excluding ortho intramolecular Hbond substituents is 2. The lowest BCUT2D eigenvalue weighted by Gasteiger charge is -2.24. The van der Waals surface area contributed by atoms with Crippen molar-refractivity contribution in [2.24, 2.45) is 0 Å². The Morgan fingerprint density at radius 2 is 1.69 bits per heavy atom. The van der Waals surface area contributed by atoms with Crippen molar-refractivity contribution in [3.05, 3.63) is 46.5 Å². The number of ketones is 1. The van der Waals surface area contributed by atoms with Crippen molar-refractivity contribution in [2.75, 3.05) is 41.0 Å². The molecule has 1 unspecified atom stereocenters. The smallest absolute Gasteiger partial charge is 0.342 e. The van der Waals surface area contributed by atoms with Crippen molar-refractivity contribution in [1.29, 1.82) is 0 Å². The highest BCUT2D eigenvalue weighted by molar-refractivity contribution is 5.98. The third-order valence-electron chi connectivity index (χ3n) is 9.48. The Morgan fingerprint density at radius 3 is 2.39 bits per heavy atom. The first-order chi connectivity index (χ1) is 24.6. The minimum absolute atomic E-state index is 0.0435. The summed E-state index contributed by atoms with van der Waals surface area (Å²) in [5.41, 5.74) is 0.505. The average molecular weight is 709 g/mol. The molecule has 2 amide bonds. The van der Waals surface area contributed by atoms with Gasteiger partial charge in [0.15, 0.2) is 11.5 Å². The molecule has 0 aromatic heterocycles. The summed E-state index contributed by atoms with van der Waals surface area (Å²) in [6.07, 6.45) is 9.70. The lowest BCUT2D eigenvalue weighted by atomic mass is 9.84. The summed E-state index contributed by atoms with van der Waals surface area (Å²) in [5, 5.41) is 26.4. The predicted molar refractivity (Wildman–Crippen MR) is 192 cm³/mol. The number of phenols is 2. The van der Waals surface area contributed by atoms with Crippen LogP contribution in [-0.4, -0.2) is 85.7 Å². The number of fused-ring (bicyclic) bond motifs is 1. The SMILES string of the molecule is COc1cc(C(CC(=O)NCCCN2CCCCCC2=O)c2c(O)cc3c(c2O)C(=O)O[C@@H](C)CCCC(=O)CCC/C=C/3)cc(OC)c1OC. The van der Waals surface area contributed by atoms with E-state index in [1.807, 2.05) is 4.90 Å². The molecule has 4 rings (SSSR count). The third kappa shape index (κ3) is 10.4. The Kier molecular flexibility index (Phi) is 14.6.